The lowest BCUT2D eigenvalue weighted by Gasteiger charge is -2.20. The SMILES string of the molecule is CCOC(=O)c1ccc(OCC(=O)N2CCCCCC2)cc1. The minimum atomic E-state index is -0.352. The first-order valence-corrected chi connectivity index (χ1v) is 7.88. The van der Waals surface area contributed by atoms with Crippen molar-refractivity contribution < 1.29 is 19.1 Å². The average Bonchev–Trinajstić information content (AvgIpc) is 2.82. The highest BCUT2D eigenvalue weighted by molar-refractivity contribution is 5.89. The molecule has 1 heterocycles. The predicted molar refractivity (Wildman–Crippen MR) is 82.9 cm³/mol. The third-order valence-corrected chi connectivity index (χ3v) is 3.69. The van der Waals surface area contributed by atoms with E-state index in [9.17, 15) is 9.59 Å². The molecule has 22 heavy (non-hydrogen) atoms. The molecule has 1 aromatic carbocycles. The van der Waals surface area contributed by atoms with Gasteiger partial charge in [-0.05, 0) is 44.0 Å². The van der Waals surface area contributed by atoms with E-state index in [1.165, 1.54) is 12.8 Å². The quantitative estimate of drug-likeness (QED) is 0.785. The van der Waals surface area contributed by atoms with Crippen molar-refractivity contribution >= 4 is 11.9 Å². The van der Waals surface area contributed by atoms with Gasteiger partial charge in [0, 0.05) is 13.1 Å². The molecule has 0 aromatic heterocycles. The van der Waals surface area contributed by atoms with E-state index in [1.54, 1.807) is 31.2 Å². The van der Waals surface area contributed by atoms with Crippen LogP contribution in [-0.4, -0.2) is 43.1 Å². The summed E-state index contributed by atoms with van der Waals surface area (Å²) < 4.78 is 10.4. The molecule has 2 rings (SSSR count). The lowest BCUT2D eigenvalue weighted by Crippen LogP contribution is -2.35. The molecule has 0 saturated carbocycles. The Morgan fingerprint density at radius 2 is 1.68 bits per heavy atom. The second kappa shape index (κ2) is 8.41. The van der Waals surface area contributed by atoms with Crippen molar-refractivity contribution in [2.75, 3.05) is 26.3 Å². The summed E-state index contributed by atoms with van der Waals surface area (Å²) in [6.45, 7) is 3.80. The van der Waals surface area contributed by atoms with Crippen molar-refractivity contribution in [3.05, 3.63) is 29.8 Å². The van der Waals surface area contributed by atoms with Gasteiger partial charge in [-0.1, -0.05) is 12.8 Å². The molecule has 0 aliphatic carbocycles. The fourth-order valence-electron chi connectivity index (χ4n) is 2.46. The zero-order chi connectivity index (χ0) is 15.8. The van der Waals surface area contributed by atoms with Gasteiger partial charge in [-0.15, -0.1) is 0 Å². The fraction of sp³-hybridized carbons (Fsp3) is 0.529. The number of ether oxygens (including phenoxy) is 2. The van der Waals surface area contributed by atoms with Gasteiger partial charge >= 0.3 is 5.97 Å². The summed E-state index contributed by atoms with van der Waals surface area (Å²) in [4.78, 5) is 25.5. The Balaban J connectivity index is 1.83. The van der Waals surface area contributed by atoms with Gasteiger partial charge in [-0.3, -0.25) is 4.79 Å². The van der Waals surface area contributed by atoms with Gasteiger partial charge in [-0.2, -0.15) is 0 Å². The number of esters is 1. The van der Waals surface area contributed by atoms with Crippen molar-refractivity contribution in [3.8, 4) is 5.75 Å². The van der Waals surface area contributed by atoms with Gasteiger partial charge in [0.2, 0.25) is 0 Å². The van der Waals surface area contributed by atoms with Gasteiger partial charge in [0.05, 0.1) is 12.2 Å². The van der Waals surface area contributed by atoms with E-state index in [4.69, 9.17) is 9.47 Å². The fourth-order valence-corrected chi connectivity index (χ4v) is 2.46. The van der Waals surface area contributed by atoms with Gasteiger partial charge in [-0.25, -0.2) is 4.79 Å². The molecule has 5 heteroatoms. The molecule has 0 atom stereocenters. The minimum absolute atomic E-state index is 0.0244. The number of nitrogens with zero attached hydrogens (tertiary/aromatic N) is 1. The number of carbonyl (C=O) groups excluding carboxylic acids is 2. The van der Waals surface area contributed by atoms with Crippen LogP contribution in [0.15, 0.2) is 24.3 Å². The molecule has 1 fully saturated rings. The van der Waals surface area contributed by atoms with Gasteiger partial charge in [0.1, 0.15) is 5.75 Å². The molecule has 1 amide bonds. The highest BCUT2D eigenvalue weighted by Gasteiger charge is 2.16. The van der Waals surface area contributed by atoms with Crippen LogP contribution in [0.2, 0.25) is 0 Å². The summed E-state index contributed by atoms with van der Waals surface area (Å²) in [5.74, 6) is 0.252. The van der Waals surface area contributed by atoms with Crippen molar-refractivity contribution in [1.82, 2.24) is 4.90 Å². The number of benzene rings is 1. The van der Waals surface area contributed by atoms with Crippen LogP contribution in [0.4, 0.5) is 0 Å². The Labute approximate surface area is 131 Å². The Kier molecular flexibility index (Phi) is 6.25. The molecule has 0 N–H and O–H groups in total. The largest absolute Gasteiger partial charge is 0.484 e. The van der Waals surface area contributed by atoms with E-state index in [0.717, 1.165) is 25.9 Å². The zero-order valence-electron chi connectivity index (χ0n) is 13.0. The van der Waals surface area contributed by atoms with Crippen molar-refractivity contribution in [1.29, 1.82) is 0 Å². The Hall–Kier alpha value is -2.04. The highest BCUT2D eigenvalue weighted by Crippen LogP contribution is 2.14. The van der Waals surface area contributed by atoms with Crippen LogP contribution in [0.1, 0.15) is 43.0 Å². The minimum Gasteiger partial charge on any atom is -0.484 e. The van der Waals surface area contributed by atoms with E-state index in [1.807, 2.05) is 4.90 Å². The smallest absolute Gasteiger partial charge is 0.338 e. The molecule has 0 bridgehead atoms. The van der Waals surface area contributed by atoms with Gasteiger partial charge in [0.15, 0.2) is 6.61 Å². The summed E-state index contributed by atoms with van der Waals surface area (Å²) in [6, 6.07) is 6.65. The second-order valence-corrected chi connectivity index (χ2v) is 5.33. The summed E-state index contributed by atoms with van der Waals surface area (Å²) in [5, 5.41) is 0. The number of hydrogen-bond acceptors (Lipinski definition) is 4. The van der Waals surface area contributed by atoms with Crippen LogP contribution < -0.4 is 4.74 Å². The number of carbonyl (C=O) groups is 2. The summed E-state index contributed by atoms with van der Waals surface area (Å²) in [6.07, 6.45) is 4.53. The predicted octanol–water partition coefficient (Wildman–Crippen LogP) is 2.64. The molecule has 5 nitrogen and oxygen atoms in total. The van der Waals surface area contributed by atoms with Crippen LogP contribution in [0.5, 0.6) is 5.75 Å². The molecule has 1 aliphatic rings. The molecule has 1 aliphatic heterocycles. The molecular weight excluding hydrogens is 282 g/mol. The molecule has 120 valence electrons. The van der Waals surface area contributed by atoms with Gasteiger partial charge in [0.25, 0.3) is 5.91 Å². The van der Waals surface area contributed by atoms with E-state index >= 15 is 0 Å². The average molecular weight is 305 g/mol. The Bertz CT molecular complexity index is 490. The molecule has 0 radical (unpaired) electrons. The second-order valence-electron chi connectivity index (χ2n) is 5.33. The number of hydrogen-bond donors (Lipinski definition) is 0. The maximum absolute atomic E-state index is 12.1. The monoisotopic (exact) mass is 305 g/mol. The van der Waals surface area contributed by atoms with Crippen molar-refractivity contribution in [3.63, 3.8) is 0 Å². The molecule has 1 saturated heterocycles. The van der Waals surface area contributed by atoms with Crippen LogP contribution in [0, 0.1) is 0 Å². The third-order valence-electron chi connectivity index (χ3n) is 3.69. The Morgan fingerprint density at radius 3 is 2.27 bits per heavy atom. The maximum Gasteiger partial charge on any atom is 0.338 e. The molecule has 0 spiro atoms. The summed E-state index contributed by atoms with van der Waals surface area (Å²) >= 11 is 0. The molecule has 0 unspecified atom stereocenters. The Morgan fingerprint density at radius 1 is 1.05 bits per heavy atom. The van der Waals surface area contributed by atoms with Crippen molar-refractivity contribution in [2.24, 2.45) is 0 Å². The standard InChI is InChI=1S/C17H23NO4/c1-2-21-17(20)14-7-9-15(10-8-14)22-13-16(19)18-11-5-3-4-6-12-18/h7-10H,2-6,11-13H2,1H3. The van der Waals surface area contributed by atoms with Crippen LogP contribution in [0.25, 0.3) is 0 Å². The van der Waals surface area contributed by atoms with Crippen LogP contribution in [-0.2, 0) is 9.53 Å². The summed E-state index contributed by atoms with van der Waals surface area (Å²) in [5.41, 5.74) is 0.480. The highest BCUT2D eigenvalue weighted by atomic mass is 16.5. The van der Waals surface area contributed by atoms with Crippen LogP contribution in [0.3, 0.4) is 0 Å². The first kappa shape index (κ1) is 16.3. The third kappa shape index (κ3) is 4.76. The lowest BCUT2D eigenvalue weighted by atomic mass is 10.2. The number of rotatable bonds is 5. The number of likely N-dealkylation sites (tertiary alicyclic amines) is 1. The number of amides is 1. The summed E-state index contributed by atoms with van der Waals surface area (Å²) in [7, 11) is 0. The normalized spacial score (nSPS) is 15.0. The zero-order valence-corrected chi connectivity index (χ0v) is 13.0. The van der Waals surface area contributed by atoms with E-state index in [-0.39, 0.29) is 18.5 Å². The van der Waals surface area contributed by atoms with E-state index in [2.05, 4.69) is 0 Å². The maximum atomic E-state index is 12.1. The lowest BCUT2D eigenvalue weighted by molar-refractivity contribution is -0.133. The van der Waals surface area contributed by atoms with Crippen LogP contribution >= 0.6 is 0 Å². The first-order valence-electron chi connectivity index (χ1n) is 7.88. The van der Waals surface area contributed by atoms with Gasteiger partial charge < -0.3 is 14.4 Å². The van der Waals surface area contributed by atoms with E-state index < -0.39 is 0 Å². The van der Waals surface area contributed by atoms with Crippen molar-refractivity contribution in [2.45, 2.75) is 32.6 Å². The topological polar surface area (TPSA) is 55.8 Å². The molecular formula is C17H23NO4. The van der Waals surface area contributed by atoms with E-state index in [0.29, 0.717) is 17.9 Å². The first-order chi connectivity index (χ1) is 10.7. The molecule has 1 aromatic rings.